The highest BCUT2D eigenvalue weighted by Crippen LogP contribution is 2.08. The average Bonchev–Trinajstić information content (AvgIpc) is 2.03. The Hall–Kier alpha value is -1.23. The van der Waals surface area contributed by atoms with E-state index in [1.165, 1.54) is 6.20 Å². The first-order valence-electron chi connectivity index (χ1n) is 3.94. The van der Waals surface area contributed by atoms with E-state index < -0.39 is 0 Å². The van der Waals surface area contributed by atoms with Gasteiger partial charge < -0.3 is 10.3 Å². The lowest BCUT2D eigenvalue weighted by atomic mass is 10.3. The number of anilines is 1. The van der Waals surface area contributed by atoms with E-state index in [-0.39, 0.29) is 6.04 Å². The third kappa shape index (κ3) is 2.62. The van der Waals surface area contributed by atoms with Gasteiger partial charge in [-0.2, -0.15) is 0 Å². The summed E-state index contributed by atoms with van der Waals surface area (Å²) in [5.41, 5.74) is 0.488. The van der Waals surface area contributed by atoms with Gasteiger partial charge in [0.25, 0.3) is 0 Å². The number of H-pyrrole nitrogens is 1. The van der Waals surface area contributed by atoms with Crippen molar-refractivity contribution in [3.8, 4) is 0 Å². The van der Waals surface area contributed by atoms with Crippen LogP contribution in [0.4, 0.5) is 5.82 Å². The Morgan fingerprint density at radius 1 is 1.69 bits per heavy atom. The molecule has 0 unspecified atom stereocenters. The summed E-state index contributed by atoms with van der Waals surface area (Å²) in [6.07, 6.45) is 2.19. The lowest BCUT2D eigenvalue weighted by Crippen LogP contribution is -2.13. The van der Waals surface area contributed by atoms with E-state index in [1.54, 1.807) is 0 Å². The first kappa shape index (κ1) is 9.85. The molecule has 1 aromatic heterocycles. The zero-order valence-corrected chi connectivity index (χ0v) is 8.31. The second-order valence-electron chi connectivity index (χ2n) is 2.94. The van der Waals surface area contributed by atoms with Gasteiger partial charge in [-0.1, -0.05) is 0 Å². The number of hydrogen-bond acceptors (Lipinski definition) is 4. The van der Waals surface area contributed by atoms with Crippen LogP contribution in [0.1, 0.15) is 24.2 Å². The van der Waals surface area contributed by atoms with Crippen LogP contribution in [0.2, 0.25) is 0 Å². The van der Waals surface area contributed by atoms with Crippen molar-refractivity contribution < 1.29 is 4.79 Å². The fourth-order valence-electron chi connectivity index (χ4n) is 0.902. The minimum atomic E-state index is 0.242. The molecule has 0 aromatic carbocycles. The van der Waals surface area contributed by atoms with Gasteiger partial charge in [0.1, 0.15) is 5.82 Å². The molecule has 0 amide bonds. The third-order valence-electron chi connectivity index (χ3n) is 1.40. The topological polar surface area (TPSA) is 57.8 Å². The van der Waals surface area contributed by atoms with Crippen LogP contribution in [0, 0.1) is 4.77 Å². The molecule has 1 aromatic rings. The Labute approximate surface area is 81.4 Å². The van der Waals surface area contributed by atoms with Crippen molar-refractivity contribution in [1.29, 1.82) is 0 Å². The summed E-state index contributed by atoms with van der Waals surface area (Å²) in [5.74, 6) is 0.630. The predicted octanol–water partition coefficient (Wildman–Crippen LogP) is 1.77. The van der Waals surface area contributed by atoms with Gasteiger partial charge in [-0.15, -0.1) is 0 Å². The van der Waals surface area contributed by atoms with Gasteiger partial charge in [-0.05, 0) is 26.1 Å². The van der Waals surface area contributed by atoms with E-state index in [0.717, 1.165) is 6.29 Å². The second-order valence-corrected chi connectivity index (χ2v) is 3.32. The van der Waals surface area contributed by atoms with Crippen molar-refractivity contribution in [3.05, 3.63) is 16.5 Å². The first-order valence-corrected chi connectivity index (χ1v) is 4.35. The summed E-state index contributed by atoms with van der Waals surface area (Å²) in [6, 6.07) is 0.242. The Morgan fingerprint density at radius 3 is 2.92 bits per heavy atom. The van der Waals surface area contributed by atoms with E-state index in [1.807, 2.05) is 13.8 Å². The van der Waals surface area contributed by atoms with Crippen LogP contribution in [0.15, 0.2) is 6.20 Å². The molecule has 0 saturated heterocycles. The molecule has 0 atom stereocenters. The minimum absolute atomic E-state index is 0.242. The van der Waals surface area contributed by atoms with Crippen molar-refractivity contribution in [1.82, 2.24) is 9.97 Å². The normalized spacial score (nSPS) is 10.1. The molecule has 0 saturated carbocycles. The van der Waals surface area contributed by atoms with Crippen molar-refractivity contribution in [2.45, 2.75) is 19.9 Å². The minimum Gasteiger partial charge on any atom is -0.369 e. The molecule has 0 spiro atoms. The maximum Gasteiger partial charge on any atom is 0.198 e. The van der Waals surface area contributed by atoms with Crippen LogP contribution in [-0.4, -0.2) is 22.3 Å². The molecule has 5 heteroatoms. The van der Waals surface area contributed by atoms with Gasteiger partial charge in [0.05, 0.1) is 5.56 Å². The summed E-state index contributed by atoms with van der Waals surface area (Å²) in [6.45, 7) is 3.96. The largest absolute Gasteiger partial charge is 0.369 e. The smallest absolute Gasteiger partial charge is 0.198 e. The monoisotopic (exact) mass is 197 g/mol. The molecule has 0 radical (unpaired) electrons. The van der Waals surface area contributed by atoms with E-state index >= 15 is 0 Å². The molecule has 0 aliphatic heterocycles. The number of carbonyl (C=O) groups excluding carboxylic acids is 1. The highest BCUT2D eigenvalue weighted by Gasteiger charge is 2.02. The Balaban J connectivity index is 3.08. The zero-order chi connectivity index (χ0) is 9.84. The number of nitrogens with one attached hydrogen (secondary N) is 2. The SMILES string of the molecule is CC(C)Nc1[nH]c(=S)ncc1C=O. The van der Waals surface area contributed by atoms with Crippen molar-refractivity contribution >= 4 is 24.3 Å². The number of hydrogen-bond donors (Lipinski definition) is 2. The number of aldehydes is 1. The Bertz CT molecular complexity index is 359. The molecule has 2 N–H and O–H groups in total. The van der Waals surface area contributed by atoms with Crippen molar-refractivity contribution in [3.63, 3.8) is 0 Å². The predicted molar refractivity (Wildman–Crippen MR) is 53.6 cm³/mol. The molecule has 1 heterocycles. The molecule has 4 nitrogen and oxygen atoms in total. The van der Waals surface area contributed by atoms with E-state index in [9.17, 15) is 4.79 Å². The van der Waals surface area contributed by atoms with Gasteiger partial charge in [0, 0.05) is 12.2 Å². The number of carbonyl (C=O) groups is 1. The van der Waals surface area contributed by atoms with Gasteiger partial charge in [0.2, 0.25) is 0 Å². The average molecular weight is 197 g/mol. The van der Waals surface area contributed by atoms with Crippen LogP contribution >= 0.6 is 12.2 Å². The standard InChI is InChI=1S/C8H11N3OS/c1-5(2)10-7-6(4-12)3-9-8(13)11-7/h3-5H,1-2H3,(H2,9,10,11,13). The second kappa shape index (κ2) is 4.13. The van der Waals surface area contributed by atoms with Crippen molar-refractivity contribution in [2.24, 2.45) is 0 Å². The summed E-state index contributed by atoms with van der Waals surface area (Å²) in [7, 11) is 0. The molecule has 70 valence electrons. The van der Waals surface area contributed by atoms with Gasteiger partial charge in [0.15, 0.2) is 11.1 Å². The first-order chi connectivity index (χ1) is 6.13. The van der Waals surface area contributed by atoms with Crippen LogP contribution in [-0.2, 0) is 0 Å². The quantitative estimate of drug-likeness (QED) is 0.572. The summed E-state index contributed by atoms with van der Waals surface area (Å²) in [4.78, 5) is 17.2. The molecule has 1 rings (SSSR count). The highest BCUT2D eigenvalue weighted by molar-refractivity contribution is 7.71. The summed E-state index contributed by atoms with van der Waals surface area (Å²) in [5, 5.41) is 3.07. The number of rotatable bonds is 3. The van der Waals surface area contributed by atoms with Gasteiger partial charge >= 0.3 is 0 Å². The van der Waals surface area contributed by atoms with E-state index in [2.05, 4.69) is 15.3 Å². The fourth-order valence-corrected chi connectivity index (χ4v) is 1.06. The third-order valence-corrected chi connectivity index (χ3v) is 1.61. The molecule has 0 aliphatic carbocycles. The van der Waals surface area contributed by atoms with Gasteiger partial charge in [-0.3, -0.25) is 4.79 Å². The van der Waals surface area contributed by atoms with Crippen LogP contribution in [0.25, 0.3) is 0 Å². The maximum atomic E-state index is 10.6. The number of aromatic nitrogens is 2. The molecular formula is C8H11N3OS. The lowest BCUT2D eigenvalue weighted by molar-refractivity contribution is 0.112. The molecule has 0 bridgehead atoms. The number of nitrogens with zero attached hydrogens (tertiary/aromatic N) is 1. The molecule has 13 heavy (non-hydrogen) atoms. The van der Waals surface area contributed by atoms with Crippen LogP contribution < -0.4 is 5.32 Å². The zero-order valence-electron chi connectivity index (χ0n) is 7.50. The van der Waals surface area contributed by atoms with Crippen LogP contribution in [0.3, 0.4) is 0 Å². The highest BCUT2D eigenvalue weighted by atomic mass is 32.1. The summed E-state index contributed by atoms with van der Waals surface area (Å²) < 4.78 is 0.369. The fraction of sp³-hybridized carbons (Fsp3) is 0.375. The lowest BCUT2D eigenvalue weighted by Gasteiger charge is -2.10. The van der Waals surface area contributed by atoms with Crippen LogP contribution in [0.5, 0.6) is 0 Å². The van der Waals surface area contributed by atoms with E-state index in [4.69, 9.17) is 12.2 Å². The molecule has 0 fully saturated rings. The number of aromatic amines is 1. The van der Waals surface area contributed by atoms with E-state index in [0.29, 0.717) is 16.2 Å². The Kier molecular flexibility index (Phi) is 3.13. The molecular weight excluding hydrogens is 186 g/mol. The summed E-state index contributed by atoms with van der Waals surface area (Å²) >= 11 is 4.84. The van der Waals surface area contributed by atoms with Crippen molar-refractivity contribution in [2.75, 3.05) is 5.32 Å². The van der Waals surface area contributed by atoms with Gasteiger partial charge in [-0.25, -0.2) is 4.98 Å². The Morgan fingerprint density at radius 2 is 2.38 bits per heavy atom. The maximum absolute atomic E-state index is 10.6. The molecule has 0 aliphatic rings.